The van der Waals surface area contributed by atoms with Gasteiger partial charge in [-0.3, -0.25) is 4.79 Å². The second-order valence-corrected chi connectivity index (χ2v) is 6.13. The molecule has 0 saturated heterocycles. The van der Waals surface area contributed by atoms with Crippen molar-refractivity contribution in [3.05, 3.63) is 29.8 Å². The quantitative estimate of drug-likeness (QED) is 0.774. The fourth-order valence-corrected chi connectivity index (χ4v) is 2.56. The lowest BCUT2D eigenvalue weighted by molar-refractivity contribution is -0.118. The van der Waals surface area contributed by atoms with Crippen LogP contribution in [0, 0.1) is 0 Å². The van der Waals surface area contributed by atoms with E-state index >= 15 is 0 Å². The maximum Gasteiger partial charge on any atom is 0.243 e. The molecule has 0 aliphatic carbocycles. The number of benzene rings is 1. The minimum Gasteiger partial charge on any atom is -0.369 e. The van der Waals surface area contributed by atoms with Crippen LogP contribution in [0.25, 0.3) is 0 Å². The largest absolute Gasteiger partial charge is 0.369 e. The Kier molecular flexibility index (Phi) is 4.44. The number of nitrogens with two attached hydrogens (primary N) is 2. The highest BCUT2D eigenvalue weighted by Gasteiger charge is 2.21. The lowest BCUT2D eigenvalue weighted by Gasteiger charge is -2.15. The molecule has 0 bridgehead atoms. The molecule has 0 spiro atoms. The van der Waals surface area contributed by atoms with Gasteiger partial charge in [0, 0.05) is 13.1 Å². The molecule has 4 N–H and O–H groups in total. The van der Waals surface area contributed by atoms with Gasteiger partial charge in [0.2, 0.25) is 15.9 Å². The molecule has 1 rings (SSSR count). The summed E-state index contributed by atoms with van der Waals surface area (Å²) in [6.07, 6.45) is 0. The molecule has 1 amide bonds. The predicted octanol–water partition coefficient (Wildman–Crippen LogP) is -0.188. The van der Waals surface area contributed by atoms with E-state index in [1.165, 1.54) is 19.2 Å². The smallest absolute Gasteiger partial charge is 0.243 e. The van der Waals surface area contributed by atoms with Gasteiger partial charge in [-0.25, -0.2) is 8.42 Å². The van der Waals surface area contributed by atoms with Gasteiger partial charge < -0.3 is 11.5 Å². The molecule has 1 unspecified atom stereocenters. The van der Waals surface area contributed by atoms with Gasteiger partial charge in [-0.1, -0.05) is 12.1 Å². The Bertz CT molecular complexity index is 523. The van der Waals surface area contributed by atoms with E-state index in [9.17, 15) is 13.2 Å². The maximum absolute atomic E-state index is 12.0. The highest BCUT2D eigenvalue weighted by Crippen LogP contribution is 2.17. The fourth-order valence-electron chi connectivity index (χ4n) is 1.43. The topological polar surface area (TPSA) is 106 Å². The number of rotatable bonds is 5. The van der Waals surface area contributed by atoms with Crippen molar-refractivity contribution in [3.8, 4) is 0 Å². The number of likely N-dealkylation sites (N-methyl/N-ethyl adjacent to an activating group) is 1. The lowest BCUT2D eigenvalue weighted by atomic mass is 10.1. The SMILES string of the molecule is CC(N)c1ccc(S(=O)(=O)N(C)CC(N)=O)cc1. The van der Waals surface area contributed by atoms with Crippen LogP contribution in [0.1, 0.15) is 18.5 Å². The van der Waals surface area contributed by atoms with E-state index in [0.29, 0.717) is 0 Å². The van der Waals surface area contributed by atoms with Gasteiger partial charge in [0.25, 0.3) is 0 Å². The summed E-state index contributed by atoms with van der Waals surface area (Å²) >= 11 is 0. The number of primary amides is 1. The van der Waals surface area contributed by atoms with Gasteiger partial charge in [-0.05, 0) is 24.6 Å². The van der Waals surface area contributed by atoms with Crippen LogP contribution in [0.3, 0.4) is 0 Å². The molecule has 0 radical (unpaired) electrons. The van der Waals surface area contributed by atoms with Crippen LogP contribution in [0.5, 0.6) is 0 Å². The zero-order chi connectivity index (χ0) is 13.9. The molecule has 0 heterocycles. The molecule has 1 atom stereocenters. The number of carbonyl (C=O) groups excluding carboxylic acids is 1. The Labute approximate surface area is 107 Å². The Morgan fingerprint density at radius 2 is 1.83 bits per heavy atom. The Morgan fingerprint density at radius 3 is 2.22 bits per heavy atom. The van der Waals surface area contributed by atoms with E-state index in [4.69, 9.17) is 11.5 Å². The van der Waals surface area contributed by atoms with E-state index in [0.717, 1.165) is 9.87 Å². The molecule has 0 saturated carbocycles. The summed E-state index contributed by atoms with van der Waals surface area (Å²) in [6.45, 7) is 1.46. The summed E-state index contributed by atoms with van der Waals surface area (Å²) in [6, 6.07) is 6.06. The van der Waals surface area contributed by atoms with Crippen molar-refractivity contribution < 1.29 is 13.2 Å². The first-order valence-corrected chi connectivity index (χ1v) is 6.79. The molecule has 1 aromatic rings. The van der Waals surface area contributed by atoms with Crippen molar-refractivity contribution in [1.82, 2.24) is 4.31 Å². The molecule has 7 heteroatoms. The highest BCUT2D eigenvalue weighted by atomic mass is 32.2. The lowest BCUT2D eigenvalue weighted by Crippen LogP contribution is -2.35. The van der Waals surface area contributed by atoms with E-state index < -0.39 is 15.9 Å². The monoisotopic (exact) mass is 271 g/mol. The zero-order valence-corrected chi connectivity index (χ0v) is 11.1. The van der Waals surface area contributed by atoms with Crippen molar-refractivity contribution in [2.45, 2.75) is 17.9 Å². The Hall–Kier alpha value is -1.44. The van der Waals surface area contributed by atoms with Crippen LogP contribution >= 0.6 is 0 Å². The minimum atomic E-state index is -3.68. The fraction of sp³-hybridized carbons (Fsp3) is 0.364. The Balaban J connectivity index is 3.02. The second-order valence-electron chi connectivity index (χ2n) is 4.09. The number of carbonyl (C=O) groups is 1. The number of sulfonamides is 1. The van der Waals surface area contributed by atoms with Gasteiger partial charge in [0.05, 0.1) is 11.4 Å². The summed E-state index contributed by atoms with van der Waals surface area (Å²) in [5.74, 6) is -0.701. The van der Waals surface area contributed by atoms with E-state index in [1.54, 1.807) is 12.1 Å². The number of hydrogen-bond acceptors (Lipinski definition) is 4. The normalized spacial score (nSPS) is 13.6. The third-order valence-corrected chi connectivity index (χ3v) is 4.31. The molecular weight excluding hydrogens is 254 g/mol. The van der Waals surface area contributed by atoms with Gasteiger partial charge in [-0.2, -0.15) is 4.31 Å². The first-order chi connectivity index (χ1) is 8.25. The molecule has 0 aliphatic heterocycles. The molecule has 6 nitrogen and oxygen atoms in total. The van der Waals surface area contributed by atoms with Crippen LogP contribution in [0.15, 0.2) is 29.2 Å². The molecule has 0 aromatic heterocycles. The van der Waals surface area contributed by atoms with E-state index in [2.05, 4.69) is 0 Å². The molecule has 100 valence electrons. The standard InChI is InChI=1S/C11H17N3O3S/c1-8(12)9-3-5-10(6-4-9)18(16,17)14(2)7-11(13)15/h3-6,8H,7,12H2,1-2H3,(H2,13,15). The van der Waals surface area contributed by atoms with Crippen LogP contribution in [0.4, 0.5) is 0 Å². The summed E-state index contributed by atoms with van der Waals surface area (Å²) in [7, 11) is -2.38. The van der Waals surface area contributed by atoms with Crippen molar-refractivity contribution in [2.75, 3.05) is 13.6 Å². The number of nitrogens with zero attached hydrogens (tertiary/aromatic N) is 1. The average Bonchev–Trinajstić information content (AvgIpc) is 2.28. The van der Waals surface area contributed by atoms with Gasteiger partial charge in [0.1, 0.15) is 0 Å². The summed E-state index contributed by atoms with van der Waals surface area (Å²) < 4.78 is 25.0. The number of hydrogen-bond donors (Lipinski definition) is 2. The van der Waals surface area contributed by atoms with Crippen LogP contribution < -0.4 is 11.5 Å². The van der Waals surface area contributed by atoms with E-state index in [1.807, 2.05) is 6.92 Å². The highest BCUT2D eigenvalue weighted by molar-refractivity contribution is 7.89. The van der Waals surface area contributed by atoms with Gasteiger partial charge in [0.15, 0.2) is 0 Å². The Morgan fingerprint density at radius 1 is 1.33 bits per heavy atom. The first kappa shape index (κ1) is 14.6. The molecule has 0 fully saturated rings. The van der Waals surface area contributed by atoms with Crippen LogP contribution in [0.2, 0.25) is 0 Å². The average molecular weight is 271 g/mol. The van der Waals surface area contributed by atoms with Crippen molar-refractivity contribution in [1.29, 1.82) is 0 Å². The molecular formula is C11H17N3O3S. The van der Waals surface area contributed by atoms with Crippen molar-refractivity contribution >= 4 is 15.9 Å². The third kappa shape index (κ3) is 3.28. The zero-order valence-electron chi connectivity index (χ0n) is 10.3. The summed E-state index contributed by atoms with van der Waals surface area (Å²) in [5.41, 5.74) is 11.5. The maximum atomic E-state index is 12.0. The molecule has 18 heavy (non-hydrogen) atoms. The summed E-state index contributed by atoms with van der Waals surface area (Å²) in [5, 5.41) is 0. The van der Waals surface area contributed by atoms with Crippen LogP contribution in [-0.4, -0.2) is 32.2 Å². The third-order valence-electron chi connectivity index (χ3n) is 2.49. The second kappa shape index (κ2) is 5.47. The number of amides is 1. The van der Waals surface area contributed by atoms with Gasteiger partial charge in [-0.15, -0.1) is 0 Å². The van der Waals surface area contributed by atoms with Crippen molar-refractivity contribution in [2.24, 2.45) is 11.5 Å². The first-order valence-electron chi connectivity index (χ1n) is 5.35. The summed E-state index contributed by atoms with van der Waals surface area (Å²) in [4.78, 5) is 10.8. The van der Waals surface area contributed by atoms with E-state index in [-0.39, 0.29) is 17.5 Å². The van der Waals surface area contributed by atoms with Gasteiger partial charge >= 0.3 is 0 Å². The van der Waals surface area contributed by atoms with Crippen LogP contribution in [-0.2, 0) is 14.8 Å². The molecule has 0 aliphatic rings. The molecule has 1 aromatic carbocycles. The minimum absolute atomic E-state index is 0.107. The van der Waals surface area contributed by atoms with Crippen molar-refractivity contribution in [3.63, 3.8) is 0 Å². The predicted molar refractivity (Wildman–Crippen MR) is 68.1 cm³/mol.